The van der Waals surface area contributed by atoms with Crippen LogP contribution in [0.3, 0.4) is 0 Å². The molecule has 3 amide bonds. The number of nitro groups is 1. The molecule has 150 valence electrons. The summed E-state index contributed by atoms with van der Waals surface area (Å²) < 4.78 is 0. The van der Waals surface area contributed by atoms with Crippen LogP contribution < -0.4 is 5.32 Å². The average Bonchev–Trinajstić information content (AvgIpc) is 2.88. The number of imide groups is 1. The molecule has 29 heavy (non-hydrogen) atoms. The molecule has 3 rings (SSSR count). The number of amides is 3. The Morgan fingerprint density at radius 2 is 1.66 bits per heavy atom. The van der Waals surface area contributed by atoms with Crippen molar-refractivity contribution in [2.24, 2.45) is 0 Å². The molecule has 0 spiro atoms. The predicted molar refractivity (Wildman–Crippen MR) is 106 cm³/mol. The third-order valence-electron chi connectivity index (χ3n) is 5.37. The average molecular weight is 395 g/mol. The fraction of sp³-hybridized carbons (Fsp3) is 0.286. The third-order valence-corrected chi connectivity index (χ3v) is 5.37. The van der Waals surface area contributed by atoms with Crippen molar-refractivity contribution in [1.29, 1.82) is 0 Å². The molecule has 0 saturated carbocycles. The molecular formula is C21H21N3O5. The molecule has 1 aliphatic rings. The Labute approximate surface area is 167 Å². The van der Waals surface area contributed by atoms with Gasteiger partial charge in [-0.15, -0.1) is 0 Å². The zero-order valence-corrected chi connectivity index (χ0v) is 16.6. The Kier molecular flexibility index (Phi) is 4.96. The molecule has 1 aliphatic heterocycles. The first-order valence-corrected chi connectivity index (χ1v) is 9.04. The summed E-state index contributed by atoms with van der Waals surface area (Å²) >= 11 is 0. The van der Waals surface area contributed by atoms with Crippen LogP contribution in [0.15, 0.2) is 36.4 Å². The Balaban J connectivity index is 1.86. The molecule has 1 N–H and O–H groups in total. The summed E-state index contributed by atoms with van der Waals surface area (Å²) in [5.41, 5.74) is 2.14. The normalized spacial score (nSPS) is 18.7. The number of nitrogens with zero attached hydrogens (tertiary/aromatic N) is 2. The third kappa shape index (κ3) is 3.49. The summed E-state index contributed by atoms with van der Waals surface area (Å²) in [4.78, 5) is 49.4. The van der Waals surface area contributed by atoms with E-state index in [9.17, 15) is 24.5 Å². The highest BCUT2D eigenvalue weighted by Crippen LogP contribution is 2.30. The summed E-state index contributed by atoms with van der Waals surface area (Å²) in [6, 6.07) is 8.38. The van der Waals surface area contributed by atoms with Crippen LogP contribution in [0.4, 0.5) is 10.5 Å². The number of nitro benzene ring substituents is 1. The maximum Gasteiger partial charge on any atom is 0.325 e. The number of Topliss-reactive ketones (excluding diaryl/α,β-unsaturated/α-hetero) is 1. The van der Waals surface area contributed by atoms with E-state index in [1.807, 2.05) is 26.8 Å². The van der Waals surface area contributed by atoms with Gasteiger partial charge in [0.15, 0.2) is 5.78 Å². The molecule has 8 nitrogen and oxygen atoms in total. The molecular weight excluding hydrogens is 374 g/mol. The number of non-ortho nitro benzene ring substituents is 1. The smallest absolute Gasteiger partial charge is 0.319 e. The first-order valence-electron chi connectivity index (χ1n) is 9.04. The van der Waals surface area contributed by atoms with E-state index < -0.39 is 22.4 Å². The summed E-state index contributed by atoms with van der Waals surface area (Å²) in [5, 5.41) is 13.4. The van der Waals surface area contributed by atoms with Crippen LogP contribution in [-0.4, -0.2) is 34.1 Å². The second-order valence-corrected chi connectivity index (χ2v) is 7.42. The number of carbonyl (C=O) groups excluding carboxylic acids is 3. The number of hydrogen-bond donors (Lipinski definition) is 1. The van der Waals surface area contributed by atoms with E-state index in [0.717, 1.165) is 21.6 Å². The van der Waals surface area contributed by atoms with Gasteiger partial charge in [-0.25, -0.2) is 4.79 Å². The molecule has 0 radical (unpaired) electrons. The highest BCUT2D eigenvalue weighted by atomic mass is 16.6. The summed E-state index contributed by atoms with van der Waals surface area (Å²) in [6.07, 6.45) is 0. The minimum Gasteiger partial charge on any atom is -0.319 e. The molecule has 1 fully saturated rings. The predicted octanol–water partition coefficient (Wildman–Crippen LogP) is 3.17. The fourth-order valence-corrected chi connectivity index (χ4v) is 3.44. The number of benzene rings is 2. The van der Waals surface area contributed by atoms with Gasteiger partial charge in [0.25, 0.3) is 11.6 Å². The summed E-state index contributed by atoms with van der Waals surface area (Å²) in [6.45, 7) is 6.79. The van der Waals surface area contributed by atoms with E-state index in [0.29, 0.717) is 11.1 Å². The zero-order valence-electron chi connectivity index (χ0n) is 16.6. The van der Waals surface area contributed by atoms with Crippen LogP contribution in [-0.2, 0) is 10.3 Å². The van der Waals surface area contributed by atoms with E-state index in [1.165, 1.54) is 31.2 Å². The van der Waals surface area contributed by atoms with Gasteiger partial charge in [-0.05, 0) is 68.1 Å². The monoisotopic (exact) mass is 395 g/mol. The second kappa shape index (κ2) is 7.12. The zero-order chi connectivity index (χ0) is 21.5. The Bertz CT molecular complexity index is 1050. The van der Waals surface area contributed by atoms with Crippen molar-refractivity contribution < 1.29 is 19.3 Å². The van der Waals surface area contributed by atoms with Crippen LogP contribution in [0.2, 0.25) is 0 Å². The summed E-state index contributed by atoms with van der Waals surface area (Å²) in [5.74, 6) is -0.909. The van der Waals surface area contributed by atoms with E-state index in [4.69, 9.17) is 0 Å². The van der Waals surface area contributed by atoms with Crippen molar-refractivity contribution in [2.75, 3.05) is 6.54 Å². The number of nitrogens with one attached hydrogen (secondary N) is 1. The lowest BCUT2D eigenvalue weighted by molar-refractivity contribution is -0.384. The van der Waals surface area contributed by atoms with Crippen LogP contribution >= 0.6 is 0 Å². The lowest BCUT2D eigenvalue weighted by Gasteiger charge is -2.22. The number of hydrogen-bond acceptors (Lipinski definition) is 5. The minimum atomic E-state index is -1.40. The number of ketones is 1. The molecule has 8 heteroatoms. The van der Waals surface area contributed by atoms with Crippen molar-refractivity contribution in [1.82, 2.24) is 10.2 Å². The maximum atomic E-state index is 13.0. The fourth-order valence-electron chi connectivity index (χ4n) is 3.44. The summed E-state index contributed by atoms with van der Waals surface area (Å²) in [7, 11) is 0. The molecule has 2 aromatic carbocycles. The van der Waals surface area contributed by atoms with Gasteiger partial charge in [0.1, 0.15) is 5.54 Å². The van der Waals surface area contributed by atoms with Crippen LogP contribution in [0.1, 0.15) is 39.5 Å². The number of urea groups is 1. The van der Waals surface area contributed by atoms with E-state index >= 15 is 0 Å². The van der Waals surface area contributed by atoms with Crippen LogP contribution in [0.5, 0.6) is 0 Å². The van der Waals surface area contributed by atoms with Gasteiger partial charge in [-0.2, -0.15) is 0 Å². The molecule has 2 aromatic rings. The van der Waals surface area contributed by atoms with E-state index in [2.05, 4.69) is 5.32 Å². The number of rotatable bonds is 5. The van der Waals surface area contributed by atoms with Gasteiger partial charge in [-0.1, -0.05) is 6.07 Å². The number of aryl methyl sites for hydroxylation is 3. The maximum absolute atomic E-state index is 13.0. The first kappa shape index (κ1) is 20.2. The van der Waals surface area contributed by atoms with Crippen molar-refractivity contribution in [3.8, 4) is 0 Å². The molecule has 0 aliphatic carbocycles. The standard InChI is InChI=1S/C21H21N3O5/c1-12-9-14(3)17(10-13(12)2)18(25)11-23-19(26)21(4,22-20(23)27)15-5-7-16(8-6-15)24(28)29/h5-10H,11H2,1-4H3,(H,22,27). The Morgan fingerprint density at radius 3 is 2.24 bits per heavy atom. The van der Waals surface area contributed by atoms with E-state index in [-0.39, 0.29) is 18.0 Å². The van der Waals surface area contributed by atoms with Gasteiger partial charge in [0.05, 0.1) is 11.5 Å². The second-order valence-electron chi connectivity index (χ2n) is 7.42. The van der Waals surface area contributed by atoms with Crippen molar-refractivity contribution >= 4 is 23.4 Å². The van der Waals surface area contributed by atoms with E-state index in [1.54, 1.807) is 6.07 Å². The first-order chi connectivity index (χ1) is 13.5. The molecule has 1 atom stereocenters. The van der Waals surface area contributed by atoms with Crippen LogP contribution in [0, 0.1) is 30.9 Å². The molecule has 1 unspecified atom stereocenters. The number of carbonyl (C=O) groups is 3. The van der Waals surface area contributed by atoms with Crippen molar-refractivity contribution in [2.45, 2.75) is 33.2 Å². The lowest BCUT2D eigenvalue weighted by atomic mass is 9.91. The minimum absolute atomic E-state index is 0.119. The van der Waals surface area contributed by atoms with Crippen molar-refractivity contribution in [3.63, 3.8) is 0 Å². The largest absolute Gasteiger partial charge is 0.325 e. The van der Waals surface area contributed by atoms with Gasteiger partial charge in [-0.3, -0.25) is 24.6 Å². The Hall–Kier alpha value is -3.55. The molecule has 0 aromatic heterocycles. The molecule has 1 heterocycles. The molecule has 0 bridgehead atoms. The van der Waals surface area contributed by atoms with Gasteiger partial charge >= 0.3 is 6.03 Å². The van der Waals surface area contributed by atoms with Crippen LogP contribution in [0.25, 0.3) is 0 Å². The molecule has 1 saturated heterocycles. The quantitative estimate of drug-likeness (QED) is 0.362. The lowest BCUT2D eigenvalue weighted by Crippen LogP contribution is -2.41. The highest BCUT2D eigenvalue weighted by Gasteiger charge is 2.49. The SMILES string of the molecule is Cc1cc(C)c(C(=O)CN2C(=O)NC(C)(c3ccc([N+](=O)[O-])cc3)C2=O)cc1C. The Morgan fingerprint density at radius 1 is 1.07 bits per heavy atom. The van der Waals surface area contributed by atoms with Gasteiger partial charge < -0.3 is 5.32 Å². The van der Waals surface area contributed by atoms with Crippen molar-refractivity contribution in [3.05, 3.63) is 74.3 Å². The van der Waals surface area contributed by atoms with Gasteiger partial charge in [0, 0.05) is 17.7 Å². The topological polar surface area (TPSA) is 110 Å². The highest BCUT2D eigenvalue weighted by molar-refractivity contribution is 6.11. The van der Waals surface area contributed by atoms with Gasteiger partial charge in [0.2, 0.25) is 0 Å².